The van der Waals surface area contributed by atoms with Crippen LogP contribution in [0.3, 0.4) is 0 Å². The number of primary amides is 1. The number of ether oxygens (including phenoxy) is 2. The molecule has 2 fully saturated rings. The second-order valence-electron chi connectivity index (χ2n) is 10.6. The first-order valence-electron chi connectivity index (χ1n) is 13.7. The van der Waals surface area contributed by atoms with Gasteiger partial charge in [-0.2, -0.15) is 19.2 Å². The second kappa shape index (κ2) is 14.0. The summed E-state index contributed by atoms with van der Waals surface area (Å²) in [7, 11) is -10.5. The number of hydrogen-bond donors (Lipinski definition) is 10. The van der Waals surface area contributed by atoms with Gasteiger partial charge in [0.2, 0.25) is 5.91 Å². The molecule has 5 rings (SSSR count). The molecule has 9 atom stereocenters. The quantitative estimate of drug-likeness (QED) is 0.0865. The molecule has 2 aromatic rings. The van der Waals surface area contributed by atoms with Crippen LogP contribution >= 0.6 is 16.3 Å². The standard InChI is InChI=1S/C23H30N7O16P2/c24-19-14-21(27-8-29(19)5-13(31)32)30(9-26-14)23-18(36)16(34)12(45-23)7-43-48(40,41)46-47(38,39)42-6-11-15(33)17(35)22(44-11)28-3-1-2-10(4-28)20(25)37/h1-4,8-9,11-12,15-18,22-24,33-36,38-39H,5-7H2,(H3-,25,31,32,37,40,41)/p+1/t11-,12-,15-,16-,17-,18-,22-,23-/m1/s1. The van der Waals surface area contributed by atoms with Crippen LogP contribution in [0.15, 0.2) is 36.6 Å². The van der Waals surface area contributed by atoms with E-state index in [2.05, 4.69) is 14.3 Å². The maximum atomic E-state index is 12.5. The van der Waals surface area contributed by atoms with E-state index in [4.69, 9.17) is 34.8 Å². The Bertz CT molecular complexity index is 1650. The average molecular weight is 723 g/mol. The highest BCUT2D eigenvalue weighted by Gasteiger charge is 2.57. The van der Waals surface area contributed by atoms with Gasteiger partial charge >= 0.3 is 22.3 Å². The topological polar surface area (TPSA) is 354 Å². The van der Waals surface area contributed by atoms with E-state index in [-0.39, 0.29) is 22.2 Å². The van der Waals surface area contributed by atoms with Crippen LogP contribution < -0.4 is 16.1 Å². The zero-order valence-electron chi connectivity index (χ0n) is 24.3. The van der Waals surface area contributed by atoms with Gasteiger partial charge in [-0.25, -0.2) is 9.97 Å². The van der Waals surface area contributed by atoms with Crippen molar-refractivity contribution in [3.8, 4) is 0 Å². The van der Waals surface area contributed by atoms with E-state index in [1.807, 2.05) is 0 Å². The van der Waals surface area contributed by atoms with E-state index >= 15 is 0 Å². The molecule has 2 saturated heterocycles. The van der Waals surface area contributed by atoms with Crippen molar-refractivity contribution in [1.29, 1.82) is 5.41 Å². The minimum absolute atomic E-state index is 0.0177. The number of nitrogens with one attached hydrogen (secondary N) is 1. The Morgan fingerprint density at radius 1 is 0.979 bits per heavy atom. The number of aromatic nitrogens is 4. The molecular weight excluding hydrogens is 692 g/mol. The monoisotopic (exact) mass is 723 g/mol. The number of amides is 1. The van der Waals surface area contributed by atoms with E-state index in [1.165, 1.54) is 29.8 Å². The molecule has 11 N–H and O–H groups in total. The highest BCUT2D eigenvalue weighted by atomic mass is 31.3. The maximum Gasteiger partial charge on any atom is 0.615 e. The second-order valence-corrected chi connectivity index (χ2v) is 13.7. The number of nitrogens with zero attached hydrogens (tertiary/aromatic N) is 5. The molecule has 25 heteroatoms. The SMILES string of the molecule is N=c1c2ncn([C@@H]3O[C@H](CO[P+]([O-])(O)O[P+](O)(O)OC[C@H]4O[C@@H](N5[CH]C=CC(C(N)=O)=C5)[C@H](O)[C@@H]4O)[C@@H](O)[C@H]3O)c2ncn1CC(=O)O. The van der Waals surface area contributed by atoms with Gasteiger partial charge in [0.05, 0.1) is 29.1 Å². The van der Waals surface area contributed by atoms with Crippen molar-refractivity contribution in [3.63, 3.8) is 0 Å². The van der Waals surface area contributed by atoms with Gasteiger partial charge in [-0.1, -0.05) is 6.08 Å². The van der Waals surface area contributed by atoms with Crippen molar-refractivity contribution in [2.45, 2.75) is 55.6 Å². The number of carbonyl (C=O) groups excluding carboxylic acids is 1. The van der Waals surface area contributed by atoms with Gasteiger partial charge in [0.25, 0.3) is 0 Å². The van der Waals surface area contributed by atoms with Crippen LogP contribution in [0.4, 0.5) is 0 Å². The molecule has 23 nitrogen and oxygen atoms in total. The fourth-order valence-corrected chi connectivity index (χ4v) is 7.07. The van der Waals surface area contributed by atoms with E-state index in [0.717, 1.165) is 21.8 Å². The van der Waals surface area contributed by atoms with Crippen molar-refractivity contribution in [2.75, 3.05) is 13.2 Å². The Morgan fingerprint density at radius 2 is 1.60 bits per heavy atom. The van der Waals surface area contributed by atoms with Crippen LogP contribution in [-0.4, -0.2) is 132 Å². The van der Waals surface area contributed by atoms with Crippen LogP contribution in [0, 0.1) is 12.0 Å². The van der Waals surface area contributed by atoms with Gasteiger partial charge in [-0.05, 0) is 6.08 Å². The molecule has 0 bridgehead atoms. The average Bonchev–Trinajstić information content (AvgIpc) is 3.65. The zero-order valence-corrected chi connectivity index (χ0v) is 26.0. The Balaban J connectivity index is 1.16. The first-order valence-corrected chi connectivity index (χ1v) is 16.7. The third-order valence-corrected chi connectivity index (χ3v) is 9.91. The van der Waals surface area contributed by atoms with Gasteiger partial charge in [0.1, 0.15) is 61.9 Å². The van der Waals surface area contributed by atoms with Gasteiger partial charge in [0, 0.05) is 6.20 Å². The fourth-order valence-electron chi connectivity index (χ4n) is 4.95. The predicted molar refractivity (Wildman–Crippen MR) is 152 cm³/mol. The third kappa shape index (κ3) is 7.70. The minimum atomic E-state index is -5.38. The number of aliphatic carboxylic acids is 1. The molecule has 0 aliphatic carbocycles. The molecule has 3 aliphatic rings. The highest BCUT2D eigenvalue weighted by Crippen LogP contribution is 2.67. The van der Waals surface area contributed by atoms with Crippen molar-refractivity contribution in [1.82, 2.24) is 24.0 Å². The van der Waals surface area contributed by atoms with Gasteiger partial charge in [-0.3, -0.25) is 19.6 Å². The number of rotatable bonds is 13. The molecule has 1 unspecified atom stereocenters. The number of hydrogen-bond acceptors (Lipinski definition) is 19. The summed E-state index contributed by atoms with van der Waals surface area (Å²) < 4.78 is 27.1. The molecule has 1 amide bonds. The number of fused-ring (bicyclic) bond motifs is 1. The zero-order chi connectivity index (χ0) is 35.1. The van der Waals surface area contributed by atoms with Crippen LogP contribution in [0.25, 0.3) is 11.2 Å². The number of imidazole rings is 1. The predicted octanol–water partition coefficient (Wildman–Crippen LogP) is -4.99. The van der Waals surface area contributed by atoms with E-state index < -0.39 is 97.1 Å². The highest BCUT2D eigenvalue weighted by molar-refractivity contribution is 7.67. The number of phosphoric ester groups is 1. The molecule has 263 valence electrons. The first-order chi connectivity index (χ1) is 22.5. The largest absolute Gasteiger partial charge is 0.615 e. The van der Waals surface area contributed by atoms with Crippen molar-refractivity contribution in [2.24, 2.45) is 5.73 Å². The Kier molecular flexibility index (Phi) is 10.6. The van der Waals surface area contributed by atoms with Crippen molar-refractivity contribution >= 4 is 39.4 Å². The summed E-state index contributed by atoms with van der Waals surface area (Å²) >= 11 is 0. The summed E-state index contributed by atoms with van der Waals surface area (Å²) in [6.07, 6.45) is -6.00. The summed E-state index contributed by atoms with van der Waals surface area (Å²) in [4.78, 5) is 74.7. The number of carbonyl (C=O) groups is 2. The Labute approximate surface area is 269 Å². The summed E-state index contributed by atoms with van der Waals surface area (Å²) in [5.41, 5.74) is 4.93. The van der Waals surface area contributed by atoms with Crippen molar-refractivity contribution in [3.05, 3.63) is 48.6 Å². The molecule has 5 heterocycles. The Hall–Kier alpha value is -3.09. The van der Waals surface area contributed by atoms with Gasteiger partial charge in [-0.15, -0.1) is 4.52 Å². The third-order valence-electron chi connectivity index (χ3n) is 7.27. The molecule has 0 spiro atoms. The summed E-state index contributed by atoms with van der Waals surface area (Å²) in [5, 5.41) is 59.0. The van der Waals surface area contributed by atoms with E-state index in [0.29, 0.717) is 0 Å². The number of carboxylic acids is 1. The summed E-state index contributed by atoms with van der Waals surface area (Å²) in [5.74, 6) is -2.00. The lowest BCUT2D eigenvalue weighted by Gasteiger charge is -2.29. The molecule has 0 saturated carbocycles. The van der Waals surface area contributed by atoms with Gasteiger partial charge < -0.3 is 55.1 Å². The Morgan fingerprint density at radius 3 is 2.25 bits per heavy atom. The lowest BCUT2D eigenvalue weighted by atomic mass is 10.1. The lowest BCUT2D eigenvalue weighted by Crippen LogP contribution is -2.41. The van der Waals surface area contributed by atoms with Crippen LogP contribution in [-0.2, 0) is 39.0 Å². The first kappa shape index (κ1) is 36.2. The number of phosphoric acid groups is 1. The molecule has 2 aromatic heterocycles. The smallest absolute Gasteiger partial charge is 0.602 e. The number of aliphatic hydroxyl groups excluding tert-OH is 4. The summed E-state index contributed by atoms with van der Waals surface area (Å²) in [6, 6.07) is 0. The number of aliphatic hydroxyl groups is 4. The minimum Gasteiger partial charge on any atom is -0.602 e. The number of nitrogens with two attached hydrogens (primary N) is 1. The summed E-state index contributed by atoms with van der Waals surface area (Å²) in [6.45, 7) is -0.971. The normalized spacial score (nSPS) is 30.5. The van der Waals surface area contributed by atoms with E-state index in [9.17, 15) is 49.6 Å². The number of carboxylic acid groups (broad SMARTS) is 1. The molecule has 1 radical (unpaired) electrons. The molecule has 48 heavy (non-hydrogen) atoms. The molecular formula is C23H31N7O16P2+. The van der Waals surface area contributed by atoms with Crippen molar-refractivity contribution < 1.29 is 77.5 Å². The lowest BCUT2D eigenvalue weighted by molar-refractivity contribution is -0.239. The van der Waals surface area contributed by atoms with Crippen LogP contribution in [0.5, 0.6) is 0 Å². The van der Waals surface area contributed by atoms with Gasteiger partial charge in [0.15, 0.2) is 23.6 Å². The maximum absolute atomic E-state index is 12.5. The molecule has 3 aliphatic heterocycles. The van der Waals surface area contributed by atoms with Crippen LogP contribution in [0.2, 0.25) is 0 Å². The molecule has 0 aromatic carbocycles. The van der Waals surface area contributed by atoms with Crippen LogP contribution in [0.1, 0.15) is 6.23 Å². The fraction of sp³-hybridized carbons (Fsp3) is 0.478. The van der Waals surface area contributed by atoms with E-state index in [1.54, 1.807) is 0 Å².